The van der Waals surface area contributed by atoms with Crippen molar-refractivity contribution in [2.75, 3.05) is 33.0 Å². The first-order chi connectivity index (χ1) is 10.8. The van der Waals surface area contributed by atoms with Crippen LogP contribution in [0.3, 0.4) is 0 Å². The summed E-state index contributed by atoms with van der Waals surface area (Å²) in [5.41, 5.74) is 0. The van der Waals surface area contributed by atoms with Gasteiger partial charge < -0.3 is 35.0 Å². The molecule has 0 fully saturated rings. The first kappa shape index (κ1) is 23.5. The number of carbonyl (C=O) groups is 3. The fourth-order valence-corrected chi connectivity index (χ4v) is 1.35. The number of carboxylic acids is 3. The Bertz CT molecular complexity index is 340. The zero-order valence-electron chi connectivity index (χ0n) is 12.9. The summed E-state index contributed by atoms with van der Waals surface area (Å²) < 4.78 is 9.47. The highest BCUT2D eigenvalue weighted by Gasteiger charge is 2.36. The van der Waals surface area contributed by atoms with E-state index in [2.05, 4.69) is 4.74 Å². The number of hydrogen-bond donors (Lipinski definition) is 5. The Morgan fingerprint density at radius 1 is 0.913 bits per heavy atom. The Morgan fingerprint density at radius 2 is 1.43 bits per heavy atom. The molecule has 0 heterocycles. The van der Waals surface area contributed by atoms with Gasteiger partial charge in [0.1, 0.15) is 5.92 Å². The summed E-state index contributed by atoms with van der Waals surface area (Å²) >= 11 is 0. The normalized spacial score (nSPS) is 12.7. The summed E-state index contributed by atoms with van der Waals surface area (Å²) in [6.07, 6.45) is -1.90. The molecule has 10 nitrogen and oxygen atoms in total. The molecule has 0 radical (unpaired) electrons. The van der Waals surface area contributed by atoms with Crippen LogP contribution in [0.15, 0.2) is 0 Å². The molecule has 2 atom stereocenters. The summed E-state index contributed by atoms with van der Waals surface area (Å²) in [7, 11) is 0. The van der Waals surface area contributed by atoms with E-state index in [0.717, 1.165) is 0 Å². The molecule has 0 spiro atoms. The SMILES string of the molecule is CCCOC(C(=O)O)C(CC(=O)O)C(=O)O.OCCOCCO. The monoisotopic (exact) mass is 340 g/mol. The third kappa shape index (κ3) is 13.6. The van der Waals surface area contributed by atoms with Crippen molar-refractivity contribution in [3.63, 3.8) is 0 Å². The van der Waals surface area contributed by atoms with Crippen molar-refractivity contribution in [1.82, 2.24) is 0 Å². The van der Waals surface area contributed by atoms with Crippen LogP contribution in [0.5, 0.6) is 0 Å². The maximum atomic E-state index is 10.8. The van der Waals surface area contributed by atoms with Crippen LogP contribution in [0.4, 0.5) is 0 Å². The van der Waals surface area contributed by atoms with Crippen LogP contribution < -0.4 is 0 Å². The van der Waals surface area contributed by atoms with E-state index in [9.17, 15) is 14.4 Å². The van der Waals surface area contributed by atoms with Gasteiger partial charge in [-0.3, -0.25) is 9.59 Å². The highest BCUT2D eigenvalue weighted by molar-refractivity contribution is 5.85. The maximum Gasteiger partial charge on any atom is 0.333 e. The fraction of sp³-hybridized carbons (Fsp3) is 0.769. The first-order valence-electron chi connectivity index (χ1n) is 6.90. The molecule has 0 aliphatic heterocycles. The standard InChI is InChI=1S/C9H14O7.C4H10O3/c1-2-3-16-7(9(14)15)5(8(12)13)4-6(10)11;5-1-3-7-4-2-6/h5,7H,2-4H2,1H3,(H,10,11)(H,12,13)(H,14,15);5-6H,1-4H2. The van der Waals surface area contributed by atoms with Gasteiger partial charge in [0.05, 0.1) is 32.8 Å². The van der Waals surface area contributed by atoms with Crippen molar-refractivity contribution in [3.05, 3.63) is 0 Å². The summed E-state index contributed by atoms with van der Waals surface area (Å²) in [4.78, 5) is 31.9. The lowest BCUT2D eigenvalue weighted by Gasteiger charge is -2.18. The van der Waals surface area contributed by atoms with Gasteiger partial charge in [-0.25, -0.2) is 4.79 Å². The quantitative estimate of drug-likeness (QED) is 0.278. The summed E-state index contributed by atoms with van der Waals surface area (Å²) in [5.74, 6) is -5.92. The Balaban J connectivity index is 0. The van der Waals surface area contributed by atoms with E-state index < -0.39 is 36.4 Å². The molecule has 136 valence electrons. The highest BCUT2D eigenvalue weighted by Crippen LogP contribution is 2.14. The molecule has 5 N–H and O–H groups in total. The molecular weight excluding hydrogens is 316 g/mol. The Morgan fingerprint density at radius 3 is 1.74 bits per heavy atom. The molecule has 0 aromatic carbocycles. The molecule has 0 amide bonds. The Labute approximate surface area is 133 Å². The average Bonchev–Trinajstić information content (AvgIpc) is 2.47. The number of aliphatic hydroxyl groups excluding tert-OH is 2. The van der Waals surface area contributed by atoms with Gasteiger partial charge in [0, 0.05) is 6.61 Å². The van der Waals surface area contributed by atoms with Crippen LogP contribution in [0.1, 0.15) is 19.8 Å². The van der Waals surface area contributed by atoms with E-state index in [0.29, 0.717) is 19.6 Å². The van der Waals surface area contributed by atoms with Gasteiger partial charge in [-0.15, -0.1) is 0 Å². The third-order valence-corrected chi connectivity index (χ3v) is 2.29. The van der Waals surface area contributed by atoms with E-state index in [4.69, 9.17) is 30.3 Å². The lowest BCUT2D eigenvalue weighted by molar-refractivity contribution is -0.166. The number of ether oxygens (including phenoxy) is 2. The lowest BCUT2D eigenvalue weighted by Crippen LogP contribution is -2.38. The zero-order chi connectivity index (χ0) is 18.3. The molecule has 0 aliphatic carbocycles. The minimum atomic E-state index is -1.63. The average molecular weight is 340 g/mol. The second kappa shape index (κ2) is 15.2. The lowest BCUT2D eigenvalue weighted by atomic mass is 9.98. The second-order valence-corrected chi connectivity index (χ2v) is 4.23. The first-order valence-corrected chi connectivity index (χ1v) is 6.90. The fourth-order valence-electron chi connectivity index (χ4n) is 1.35. The van der Waals surface area contributed by atoms with E-state index in [1.54, 1.807) is 6.92 Å². The van der Waals surface area contributed by atoms with Crippen molar-refractivity contribution < 1.29 is 49.4 Å². The number of carboxylic acid groups (broad SMARTS) is 3. The van der Waals surface area contributed by atoms with Gasteiger partial charge in [-0.2, -0.15) is 0 Å². The van der Waals surface area contributed by atoms with E-state index in [1.165, 1.54) is 0 Å². The smallest absolute Gasteiger partial charge is 0.333 e. The van der Waals surface area contributed by atoms with Crippen LogP contribution in [0, 0.1) is 5.92 Å². The second-order valence-electron chi connectivity index (χ2n) is 4.23. The zero-order valence-corrected chi connectivity index (χ0v) is 12.9. The number of aliphatic carboxylic acids is 3. The van der Waals surface area contributed by atoms with Gasteiger partial charge >= 0.3 is 17.9 Å². The van der Waals surface area contributed by atoms with Crippen LogP contribution >= 0.6 is 0 Å². The molecule has 0 aromatic rings. The molecule has 0 saturated carbocycles. The van der Waals surface area contributed by atoms with Gasteiger partial charge in [-0.05, 0) is 6.42 Å². The number of hydrogen-bond acceptors (Lipinski definition) is 7. The molecule has 10 heteroatoms. The minimum Gasteiger partial charge on any atom is -0.481 e. The summed E-state index contributed by atoms with van der Waals surface area (Å²) in [5, 5.41) is 42.1. The minimum absolute atomic E-state index is 0.0278. The van der Waals surface area contributed by atoms with Crippen molar-refractivity contribution in [1.29, 1.82) is 0 Å². The Kier molecular flexibility index (Phi) is 15.5. The molecule has 0 saturated heterocycles. The van der Waals surface area contributed by atoms with Crippen molar-refractivity contribution in [2.45, 2.75) is 25.9 Å². The molecule has 2 unspecified atom stereocenters. The van der Waals surface area contributed by atoms with Crippen molar-refractivity contribution >= 4 is 17.9 Å². The Hall–Kier alpha value is -1.75. The van der Waals surface area contributed by atoms with E-state index in [1.807, 2.05) is 0 Å². The molecule has 0 aromatic heterocycles. The van der Waals surface area contributed by atoms with Crippen LogP contribution in [0.2, 0.25) is 0 Å². The highest BCUT2D eigenvalue weighted by atomic mass is 16.5. The van der Waals surface area contributed by atoms with Gasteiger partial charge in [0.15, 0.2) is 6.10 Å². The maximum absolute atomic E-state index is 10.8. The van der Waals surface area contributed by atoms with Crippen LogP contribution in [-0.2, 0) is 23.9 Å². The van der Waals surface area contributed by atoms with Gasteiger partial charge in [-0.1, -0.05) is 6.92 Å². The van der Waals surface area contributed by atoms with Gasteiger partial charge in [0.25, 0.3) is 0 Å². The van der Waals surface area contributed by atoms with Crippen molar-refractivity contribution in [2.24, 2.45) is 5.92 Å². The van der Waals surface area contributed by atoms with Crippen LogP contribution in [0.25, 0.3) is 0 Å². The number of rotatable bonds is 12. The topological polar surface area (TPSA) is 171 Å². The summed E-state index contributed by atoms with van der Waals surface area (Å²) in [6.45, 7) is 2.49. The molecule has 0 aliphatic rings. The van der Waals surface area contributed by atoms with E-state index in [-0.39, 0.29) is 19.8 Å². The third-order valence-electron chi connectivity index (χ3n) is 2.29. The molecule has 0 rings (SSSR count). The largest absolute Gasteiger partial charge is 0.481 e. The van der Waals surface area contributed by atoms with E-state index >= 15 is 0 Å². The molecular formula is C13H24O10. The van der Waals surface area contributed by atoms with Crippen LogP contribution in [-0.4, -0.2) is 82.6 Å². The van der Waals surface area contributed by atoms with Gasteiger partial charge in [0.2, 0.25) is 0 Å². The van der Waals surface area contributed by atoms with Crippen molar-refractivity contribution in [3.8, 4) is 0 Å². The molecule has 23 heavy (non-hydrogen) atoms. The predicted octanol–water partition coefficient (Wildman–Crippen LogP) is -0.971. The predicted molar refractivity (Wildman–Crippen MR) is 76.0 cm³/mol. The summed E-state index contributed by atoms with van der Waals surface area (Å²) in [6, 6.07) is 0. The number of aliphatic hydroxyl groups is 2. The molecule has 0 bridgehead atoms.